The van der Waals surface area contributed by atoms with Gasteiger partial charge in [-0.2, -0.15) is 0 Å². The average molecular weight is 311 g/mol. The molecule has 2 aromatic carbocycles. The van der Waals surface area contributed by atoms with E-state index in [2.05, 4.69) is 36.5 Å². The highest BCUT2D eigenvalue weighted by Gasteiger charge is 2.11. The molecular formula is C19H21NO3. The Kier molecular flexibility index (Phi) is 4.81. The highest BCUT2D eigenvalue weighted by Crippen LogP contribution is 2.32. The van der Waals surface area contributed by atoms with Crippen molar-refractivity contribution in [1.82, 2.24) is 0 Å². The van der Waals surface area contributed by atoms with E-state index < -0.39 is 0 Å². The van der Waals surface area contributed by atoms with Crippen LogP contribution in [0.5, 0.6) is 11.5 Å². The van der Waals surface area contributed by atoms with Crippen LogP contribution in [0.2, 0.25) is 0 Å². The lowest BCUT2D eigenvalue weighted by atomic mass is 10.1. The lowest BCUT2D eigenvalue weighted by Gasteiger charge is -2.10. The average Bonchev–Trinajstić information content (AvgIpc) is 2.79. The van der Waals surface area contributed by atoms with Gasteiger partial charge in [0.05, 0.1) is 13.2 Å². The fourth-order valence-corrected chi connectivity index (χ4v) is 2.48. The molecule has 1 N–H and O–H groups in total. The molecule has 3 rings (SSSR count). The number of hydrogen-bond donors (Lipinski definition) is 1. The Morgan fingerprint density at radius 1 is 1.04 bits per heavy atom. The van der Waals surface area contributed by atoms with Crippen molar-refractivity contribution in [3.05, 3.63) is 53.6 Å². The normalized spacial score (nSPS) is 13.3. The molecule has 1 aliphatic rings. The SMILES string of the molecule is Cc1ccc(CCC(=O)Nc2ccc3c(c2)OCCCO3)cc1. The molecule has 4 heteroatoms. The first-order chi connectivity index (χ1) is 11.2. The van der Waals surface area contributed by atoms with Gasteiger partial charge < -0.3 is 14.8 Å². The Hall–Kier alpha value is -2.49. The fourth-order valence-electron chi connectivity index (χ4n) is 2.48. The second-order valence-electron chi connectivity index (χ2n) is 5.75. The van der Waals surface area contributed by atoms with Gasteiger partial charge in [-0.05, 0) is 31.0 Å². The summed E-state index contributed by atoms with van der Waals surface area (Å²) in [5, 5.41) is 2.92. The summed E-state index contributed by atoms with van der Waals surface area (Å²) >= 11 is 0. The molecule has 0 saturated heterocycles. The first-order valence-corrected chi connectivity index (χ1v) is 7.96. The van der Waals surface area contributed by atoms with Gasteiger partial charge in [-0.3, -0.25) is 4.79 Å². The Balaban J connectivity index is 1.57. The number of fused-ring (bicyclic) bond motifs is 1. The van der Waals surface area contributed by atoms with Gasteiger partial charge in [0, 0.05) is 24.6 Å². The number of nitrogens with one attached hydrogen (secondary N) is 1. The molecule has 0 aliphatic carbocycles. The van der Waals surface area contributed by atoms with Gasteiger partial charge in [0.1, 0.15) is 0 Å². The zero-order valence-corrected chi connectivity index (χ0v) is 13.3. The molecule has 0 radical (unpaired) electrons. The van der Waals surface area contributed by atoms with Gasteiger partial charge >= 0.3 is 0 Å². The molecule has 2 aromatic rings. The minimum atomic E-state index is 0.0000605. The summed E-state index contributed by atoms with van der Waals surface area (Å²) in [7, 11) is 0. The summed E-state index contributed by atoms with van der Waals surface area (Å²) in [4.78, 5) is 12.1. The first-order valence-electron chi connectivity index (χ1n) is 7.96. The smallest absolute Gasteiger partial charge is 0.224 e. The van der Waals surface area contributed by atoms with Crippen molar-refractivity contribution >= 4 is 11.6 Å². The van der Waals surface area contributed by atoms with E-state index >= 15 is 0 Å². The van der Waals surface area contributed by atoms with Gasteiger partial charge in [0.2, 0.25) is 5.91 Å². The second-order valence-corrected chi connectivity index (χ2v) is 5.75. The van der Waals surface area contributed by atoms with E-state index in [4.69, 9.17) is 9.47 Å². The van der Waals surface area contributed by atoms with Gasteiger partial charge in [0.15, 0.2) is 11.5 Å². The van der Waals surface area contributed by atoms with Crippen molar-refractivity contribution in [2.45, 2.75) is 26.2 Å². The molecule has 1 amide bonds. The maximum Gasteiger partial charge on any atom is 0.224 e. The van der Waals surface area contributed by atoms with E-state index in [0.29, 0.717) is 25.4 Å². The van der Waals surface area contributed by atoms with E-state index in [0.717, 1.165) is 24.3 Å². The van der Waals surface area contributed by atoms with E-state index in [9.17, 15) is 4.79 Å². The Morgan fingerprint density at radius 2 is 1.78 bits per heavy atom. The maximum absolute atomic E-state index is 12.1. The second kappa shape index (κ2) is 7.18. The molecule has 23 heavy (non-hydrogen) atoms. The number of ether oxygens (including phenoxy) is 2. The largest absolute Gasteiger partial charge is 0.490 e. The van der Waals surface area contributed by atoms with Crippen LogP contribution < -0.4 is 14.8 Å². The third-order valence-electron chi connectivity index (χ3n) is 3.79. The third-order valence-corrected chi connectivity index (χ3v) is 3.79. The van der Waals surface area contributed by atoms with E-state index in [1.54, 1.807) is 0 Å². The maximum atomic E-state index is 12.1. The number of aryl methyl sites for hydroxylation is 2. The third kappa shape index (κ3) is 4.25. The lowest BCUT2D eigenvalue weighted by molar-refractivity contribution is -0.116. The number of carbonyl (C=O) groups excluding carboxylic acids is 1. The van der Waals surface area contributed by atoms with Crippen molar-refractivity contribution < 1.29 is 14.3 Å². The summed E-state index contributed by atoms with van der Waals surface area (Å²) < 4.78 is 11.2. The number of rotatable bonds is 4. The highest BCUT2D eigenvalue weighted by molar-refractivity contribution is 5.91. The summed E-state index contributed by atoms with van der Waals surface area (Å²) in [6.45, 7) is 3.35. The van der Waals surface area contributed by atoms with Crippen LogP contribution in [0.1, 0.15) is 24.0 Å². The number of benzene rings is 2. The van der Waals surface area contributed by atoms with E-state index in [1.165, 1.54) is 11.1 Å². The van der Waals surface area contributed by atoms with Crippen LogP contribution in [-0.4, -0.2) is 19.1 Å². The zero-order chi connectivity index (χ0) is 16.1. The summed E-state index contributed by atoms with van der Waals surface area (Å²) in [5.41, 5.74) is 3.14. The van der Waals surface area contributed by atoms with Crippen LogP contribution in [0.3, 0.4) is 0 Å². The molecule has 0 fully saturated rings. The molecule has 0 atom stereocenters. The highest BCUT2D eigenvalue weighted by atomic mass is 16.5. The molecule has 0 saturated carbocycles. The lowest BCUT2D eigenvalue weighted by Crippen LogP contribution is -2.12. The fraction of sp³-hybridized carbons (Fsp3) is 0.316. The topological polar surface area (TPSA) is 47.6 Å². The van der Waals surface area contributed by atoms with E-state index in [1.807, 2.05) is 18.2 Å². The molecule has 0 unspecified atom stereocenters. The van der Waals surface area contributed by atoms with E-state index in [-0.39, 0.29) is 5.91 Å². The summed E-state index contributed by atoms with van der Waals surface area (Å²) in [6.07, 6.45) is 2.06. The molecule has 0 aromatic heterocycles. The van der Waals surface area contributed by atoms with Gasteiger partial charge in [-0.1, -0.05) is 29.8 Å². The monoisotopic (exact) mass is 311 g/mol. The molecule has 0 bridgehead atoms. The predicted octanol–water partition coefficient (Wildman–Crippen LogP) is 3.73. The Morgan fingerprint density at radius 3 is 2.57 bits per heavy atom. The van der Waals surface area contributed by atoms with Crippen LogP contribution in [-0.2, 0) is 11.2 Å². The zero-order valence-electron chi connectivity index (χ0n) is 13.3. The van der Waals surface area contributed by atoms with Crippen LogP contribution in [0.15, 0.2) is 42.5 Å². The summed E-state index contributed by atoms with van der Waals surface area (Å²) in [6, 6.07) is 13.8. The molecule has 0 spiro atoms. The Labute approximate surface area is 136 Å². The van der Waals surface area contributed by atoms with Crippen molar-refractivity contribution in [3.8, 4) is 11.5 Å². The van der Waals surface area contributed by atoms with Crippen LogP contribution in [0.25, 0.3) is 0 Å². The molecular weight excluding hydrogens is 290 g/mol. The number of amides is 1. The molecule has 4 nitrogen and oxygen atoms in total. The quantitative estimate of drug-likeness (QED) is 0.936. The Bertz CT molecular complexity index is 680. The van der Waals surface area contributed by atoms with Crippen LogP contribution in [0.4, 0.5) is 5.69 Å². The molecule has 1 heterocycles. The standard InChI is InChI=1S/C19H21NO3/c1-14-3-5-15(6-4-14)7-10-19(21)20-16-8-9-17-18(13-16)23-12-2-11-22-17/h3-6,8-9,13H,2,7,10-12H2,1H3,(H,20,21). The van der Waals surface area contributed by atoms with Crippen molar-refractivity contribution in [2.24, 2.45) is 0 Å². The molecule has 120 valence electrons. The van der Waals surface area contributed by atoms with Gasteiger partial charge in [-0.15, -0.1) is 0 Å². The number of carbonyl (C=O) groups is 1. The van der Waals surface area contributed by atoms with Crippen molar-refractivity contribution in [2.75, 3.05) is 18.5 Å². The molecule has 1 aliphatic heterocycles. The van der Waals surface area contributed by atoms with Gasteiger partial charge in [-0.25, -0.2) is 0 Å². The minimum absolute atomic E-state index is 0.0000605. The minimum Gasteiger partial charge on any atom is -0.490 e. The van der Waals surface area contributed by atoms with Crippen LogP contribution in [0, 0.1) is 6.92 Å². The van der Waals surface area contributed by atoms with Crippen LogP contribution >= 0.6 is 0 Å². The van der Waals surface area contributed by atoms with Crippen molar-refractivity contribution in [1.29, 1.82) is 0 Å². The number of anilines is 1. The summed E-state index contributed by atoms with van der Waals surface area (Å²) in [5.74, 6) is 1.43. The predicted molar refractivity (Wildman–Crippen MR) is 90.2 cm³/mol. The van der Waals surface area contributed by atoms with Gasteiger partial charge in [0.25, 0.3) is 0 Å². The number of hydrogen-bond acceptors (Lipinski definition) is 3. The van der Waals surface area contributed by atoms with Crippen molar-refractivity contribution in [3.63, 3.8) is 0 Å². The first kappa shape index (κ1) is 15.4.